The summed E-state index contributed by atoms with van der Waals surface area (Å²) in [7, 11) is -3.43. The van der Waals surface area contributed by atoms with E-state index in [1.54, 1.807) is 0 Å². The lowest BCUT2D eigenvalue weighted by Crippen LogP contribution is -2.34. The summed E-state index contributed by atoms with van der Waals surface area (Å²) in [6.07, 6.45) is 2.73. The molecule has 2 rings (SSSR count). The van der Waals surface area contributed by atoms with Crippen LogP contribution in [0.1, 0.15) is 49.3 Å². The maximum Gasteiger partial charge on any atom is 0.232 e. The summed E-state index contributed by atoms with van der Waals surface area (Å²) in [6, 6.07) is 15.9. The van der Waals surface area contributed by atoms with E-state index in [1.165, 1.54) is 16.1 Å². The van der Waals surface area contributed by atoms with E-state index in [0.29, 0.717) is 25.9 Å². The second-order valence-electron chi connectivity index (χ2n) is 7.49. The van der Waals surface area contributed by atoms with Crippen LogP contribution in [0.2, 0.25) is 0 Å². The Kier molecular flexibility index (Phi) is 8.26. The van der Waals surface area contributed by atoms with Gasteiger partial charge in [0, 0.05) is 19.5 Å². The van der Waals surface area contributed by atoms with Crippen LogP contribution in [0.4, 0.5) is 5.69 Å². The summed E-state index contributed by atoms with van der Waals surface area (Å²) in [5.41, 5.74) is 3.85. The van der Waals surface area contributed by atoms with Crippen LogP contribution in [0.25, 0.3) is 0 Å². The van der Waals surface area contributed by atoms with Gasteiger partial charge in [-0.25, -0.2) is 8.42 Å². The predicted octanol–water partition coefficient (Wildman–Crippen LogP) is 4.02. The molecule has 29 heavy (non-hydrogen) atoms. The van der Waals surface area contributed by atoms with Crippen molar-refractivity contribution in [2.45, 2.75) is 46.0 Å². The lowest BCUT2D eigenvalue weighted by atomic mass is 10.0. The molecule has 0 aliphatic carbocycles. The second kappa shape index (κ2) is 10.4. The first kappa shape index (κ1) is 22.9. The minimum atomic E-state index is -3.43. The van der Waals surface area contributed by atoms with Crippen molar-refractivity contribution in [1.29, 1.82) is 0 Å². The Morgan fingerprint density at radius 3 is 2.41 bits per heavy atom. The maximum atomic E-state index is 12.4. The minimum absolute atomic E-state index is 0.0540. The number of sulfonamides is 1. The summed E-state index contributed by atoms with van der Waals surface area (Å²) >= 11 is 0. The quantitative estimate of drug-likeness (QED) is 0.636. The SMILES string of the molecule is CCc1cccc(C)c1N(CCCC(=O)NC[C@H](C)c1ccccc1)S(C)(=O)=O. The Labute approximate surface area is 175 Å². The first-order valence-electron chi connectivity index (χ1n) is 10.1. The third-order valence-corrected chi connectivity index (χ3v) is 6.26. The number of anilines is 1. The number of hydrogen-bond donors (Lipinski definition) is 1. The van der Waals surface area contributed by atoms with Gasteiger partial charge in [-0.05, 0) is 42.4 Å². The number of amides is 1. The minimum Gasteiger partial charge on any atom is -0.356 e. The van der Waals surface area contributed by atoms with Gasteiger partial charge in [0.15, 0.2) is 0 Å². The zero-order valence-electron chi connectivity index (χ0n) is 17.8. The van der Waals surface area contributed by atoms with Gasteiger partial charge in [0.1, 0.15) is 0 Å². The molecular weight excluding hydrogens is 384 g/mol. The lowest BCUT2D eigenvalue weighted by molar-refractivity contribution is -0.121. The van der Waals surface area contributed by atoms with Gasteiger partial charge in [0.2, 0.25) is 15.9 Å². The number of carbonyl (C=O) groups is 1. The largest absolute Gasteiger partial charge is 0.356 e. The number of para-hydroxylation sites is 1. The fraction of sp³-hybridized carbons (Fsp3) is 0.435. The van der Waals surface area contributed by atoms with Crippen molar-refractivity contribution in [3.63, 3.8) is 0 Å². The van der Waals surface area contributed by atoms with Crippen LogP contribution in [0, 0.1) is 6.92 Å². The molecule has 2 aromatic carbocycles. The topological polar surface area (TPSA) is 66.5 Å². The number of nitrogens with one attached hydrogen (secondary N) is 1. The van der Waals surface area contributed by atoms with Crippen LogP contribution >= 0.6 is 0 Å². The molecule has 0 saturated carbocycles. The summed E-state index contributed by atoms with van der Waals surface area (Å²) in [6.45, 7) is 6.87. The Balaban J connectivity index is 1.95. The van der Waals surface area contributed by atoms with Crippen molar-refractivity contribution >= 4 is 21.6 Å². The van der Waals surface area contributed by atoms with Gasteiger partial charge in [-0.15, -0.1) is 0 Å². The number of hydrogen-bond acceptors (Lipinski definition) is 3. The fourth-order valence-corrected chi connectivity index (χ4v) is 4.50. The first-order valence-corrected chi connectivity index (χ1v) is 12.0. The number of benzene rings is 2. The predicted molar refractivity (Wildman–Crippen MR) is 120 cm³/mol. The molecule has 158 valence electrons. The zero-order valence-corrected chi connectivity index (χ0v) is 18.6. The molecule has 0 spiro atoms. The van der Waals surface area contributed by atoms with Gasteiger partial charge in [0.25, 0.3) is 0 Å². The van der Waals surface area contributed by atoms with Crippen molar-refractivity contribution in [1.82, 2.24) is 5.32 Å². The molecule has 1 amide bonds. The summed E-state index contributed by atoms with van der Waals surface area (Å²) in [5, 5.41) is 2.96. The third-order valence-electron chi connectivity index (χ3n) is 5.09. The van der Waals surface area contributed by atoms with E-state index >= 15 is 0 Å². The normalized spacial score (nSPS) is 12.4. The summed E-state index contributed by atoms with van der Waals surface area (Å²) in [5.74, 6) is 0.175. The smallest absolute Gasteiger partial charge is 0.232 e. The van der Waals surface area contributed by atoms with Crippen molar-refractivity contribution in [2.75, 3.05) is 23.7 Å². The molecule has 0 aromatic heterocycles. The third kappa shape index (κ3) is 6.60. The molecule has 0 heterocycles. The second-order valence-corrected chi connectivity index (χ2v) is 9.40. The van der Waals surface area contributed by atoms with E-state index in [4.69, 9.17) is 0 Å². The lowest BCUT2D eigenvalue weighted by Gasteiger charge is -2.26. The van der Waals surface area contributed by atoms with Gasteiger partial charge < -0.3 is 5.32 Å². The molecule has 0 unspecified atom stereocenters. The first-order chi connectivity index (χ1) is 13.7. The van der Waals surface area contributed by atoms with Crippen LogP contribution in [0.5, 0.6) is 0 Å². The Morgan fingerprint density at radius 2 is 1.79 bits per heavy atom. The molecule has 0 aliphatic heterocycles. The molecule has 0 fully saturated rings. The highest BCUT2D eigenvalue weighted by atomic mass is 32.2. The Hall–Kier alpha value is -2.34. The van der Waals surface area contributed by atoms with Gasteiger partial charge in [-0.1, -0.05) is 62.4 Å². The molecule has 1 atom stereocenters. The standard InChI is InChI=1S/C23H32N2O3S/c1-5-20-14-9-11-18(2)23(20)25(29(4,27)28)16-10-15-22(26)24-17-19(3)21-12-7-6-8-13-21/h6-9,11-14,19H,5,10,15-17H2,1-4H3,(H,24,26)/t19-/m0/s1. The molecule has 0 aliphatic rings. The van der Waals surface area contributed by atoms with Crippen LogP contribution in [0.3, 0.4) is 0 Å². The van der Waals surface area contributed by atoms with Gasteiger partial charge in [0.05, 0.1) is 11.9 Å². The Bertz CT molecular complexity index is 911. The summed E-state index contributed by atoms with van der Waals surface area (Å²) < 4.78 is 26.3. The highest BCUT2D eigenvalue weighted by Gasteiger charge is 2.21. The van der Waals surface area contributed by atoms with Crippen LogP contribution < -0.4 is 9.62 Å². The van der Waals surface area contributed by atoms with Gasteiger partial charge in [-0.3, -0.25) is 9.10 Å². The number of nitrogens with zero attached hydrogens (tertiary/aromatic N) is 1. The molecule has 0 bridgehead atoms. The highest BCUT2D eigenvalue weighted by Crippen LogP contribution is 2.28. The Morgan fingerprint density at radius 1 is 1.10 bits per heavy atom. The highest BCUT2D eigenvalue weighted by molar-refractivity contribution is 7.92. The molecule has 1 N–H and O–H groups in total. The average molecular weight is 417 g/mol. The molecule has 2 aromatic rings. The van der Waals surface area contributed by atoms with Gasteiger partial charge >= 0.3 is 0 Å². The van der Waals surface area contributed by atoms with Crippen LogP contribution in [0.15, 0.2) is 48.5 Å². The van der Waals surface area contributed by atoms with Crippen molar-refractivity contribution in [3.05, 3.63) is 65.2 Å². The van der Waals surface area contributed by atoms with Crippen LogP contribution in [-0.4, -0.2) is 33.7 Å². The van der Waals surface area contributed by atoms with E-state index in [1.807, 2.05) is 62.4 Å². The average Bonchev–Trinajstić information content (AvgIpc) is 2.69. The van der Waals surface area contributed by atoms with Crippen molar-refractivity contribution < 1.29 is 13.2 Å². The molecular formula is C23H32N2O3S. The van der Waals surface area contributed by atoms with E-state index < -0.39 is 10.0 Å². The number of carbonyl (C=O) groups excluding carboxylic acids is 1. The molecule has 0 radical (unpaired) electrons. The van der Waals surface area contributed by atoms with E-state index in [-0.39, 0.29) is 11.8 Å². The van der Waals surface area contributed by atoms with Crippen LogP contribution in [-0.2, 0) is 21.2 Å². The van der Waals surface area contributed by atoms with Gasteiger partial charge in [-0.2, -0.15) is 0 Å². The molecule has 5 nitrogen and oxygen atoms in total. The fourth-order valence-electron chi connectivity index (χ4n) is 3.44. The van der Waals surface area contributed by atoms with E-state index in [2.05, 4.69) is 12.2 Å². The van der Waals surface area contributed by atoms with E-state index in [9.17, 15) is 13.2 Å². The molecule has 0 saturated heterocycles. The number of rotatable bonds is 10. The maximum absolute atomic E-state index is 12.4. The van der Waals surface area contributed by atoms with E-state index in [0.717, 1.165) is 23.2 Å². The summed E-state index contributed by atoms with van der Waals surface area (Å²) in [4.78, 5) is 12.3. The number of aryl methyl sites for hydroxylation is 2. The van der Waals surface area contributed by atoms with Crippen molar-refractivity contribution in [2.24, 2.45) is 0 Å². The van der Waals surface area contributed by atoms with Crippen molar-refractivity contribution in [3.8, 4) is 0 Å². The monoisotopic (exact) mass is 416 g/mol. The zero-order chi connectivity index (χ0) is 21.4. The molecule has 6 heteroatoms.